The molecule has 94 valence electrons. The van der Waals surface area contributed by atoms with Crippen molar-refractivity contribution in [3.05, 3.63) is 58.3 Å². The highest BCUT2D eigenvalue weighted by Gasteiger charge is 2.08. The number of halogens is 1. The highest BCUT2D eigenvalue weighted by Crippen LogP contribution is 2.27. The van der Waals surface area contributed by atoms with E-state index in [1.165, 1.54) is 0 Å². The van der Waals surface area contributed by atoms with E-state index in [0.717, 1.165) is 15.6 Å². The van der Waals surface area contributed by atoms with E-state index < -0.39 is 0 Å². The Morgan fingerprint density at radius 2 is 2.17 bits per heavy atom. The average molecular weight is 307 g/mol. The highest BCUT2D eigenvalue weighted by atomic mass is 79.9. The van der Waals surface area contributed by atoms with E-state index in [1.807, 2.05) is 36.5 Å². The van der Waals surface area contributed by atoms with Crippen LogP contribution in [0.15, 0.2) is 47.2 Å². The van der Waals surface area contributed by atoms with Crippen LogP contribution in [0.1, 0.15) is 24.1 Å². The number of aromatic nitrogens is 1. The lowest BCUT2D eigenvalue weighted by Crippen LogP contribution is -2.18. The summed E-state index contributed by atoms with van der Waals surface area (Å²) in [5.41, 5.74) is 2.01. The summed E-state index contributed by atoms with van der Waals surface area (Å²) in [6.45, 7) is 2.69. The molecule has 0 aliphatic carbocycles. The predicted octanol–water partition coefficient (Wildman–Crippen LogP) is 3.40. The molecule has 3 nitrogen and oxygen atoms in total. The van der Waals surface area contributed by atoms with Crippen LogP contribution in [0.25, 0.3) is 0 Å². The first-order valence-electron chi connectivity index (χ1n) is 5.78. The second-order valence-electron chi connectivity index (χ2n) is 4.14. The van der Waals surface area contributed by atoms with Crippen LogP contribution in [0.3, 0.4) is 0 Å². The predicted molar refractivity (Wildman–Crippen MR) is 75.3 cm³/mol. The molecular weight excluding hydrogens is 292 g/mol. The Morgan fingerprint density at radius 3 is 2.89 bits per heavy atom. The molecule has 1 atom stereocenters. The molecule has 2 aromatic rings. The summed E-state index contributed by atoms with van der Waals surface area (Å²) in [6, 6.07) is 9.79. The van der Waals surface area contributed by atoms with Gasteiger partial charge in [-0.25, -0.2) is 0 Å². The molecule has 0 fully saturated rings. The minimum absolute atomic E-state index is 0.192. The average Bonchev–Trinajstić information content (AvgIpc) is 2.41. The van der Waals surface area contributed by atoms with Crippen molar-refractivity contribution in [2.24, 2.45) is 0 Å². The molecule has 0 radical (unpaired) electrons. The van der Waals surface area contributed by atoms with Crippen molar-refractivity contribution in [1.82, 2.24) is 10.3 Å². The Morgan fingerprint density at radius 1 is 1.33 bits per heavy atom. The van der Waals surface area contributed by atoms with Crippen molar-refractivity contribution in [1.29, 1.82) is 0 Å². The Labute approximate surface area is 115 Å². The molecule has 1 aromatic heterocycles. The smallest absolute Gasteiger partial charge is 0.134 e. The van der Waals surface area contributed by atoms with E-state index in [-0.39, 0.29) is 6.04 Å². The summed E-state index contributed by atoms with van der Waals surface area (Å²) < 4.78 is 0.718. The second-order valence-corrected chi connectivity index (χ2v) is 4.99. The van der Waals surface area contributed by atoms with Gasteiger partial charge in [0.05, 0.1) is 4.47 Å². The third-order valence-corrected chi connectivity index (χ3v) is 3.49. The van der Waals surface area contributed by atoms with Gasteiger partial charge in [0.1, 0.15) is 5.75 Å². The van der Waals surface area contributed by atoms with Crippen LogP contribution in [0, 0.1) is 0 Å². The summed E-state index contributed by atoms with van der Waals surface area (Å²) in [6.07, 6.45) is 3.61. The SMILES string of the molecule is C[C@H](NCc1cccc(Br)c1O)c1cccnc1. The molecular formula is C14H15BrN2O. The molecule has 1 aromatic carbocycles. The number of hydrogen-bond acceptors (Lipinski definition) is 3. The number of hydrogen-bond donors (Lipinski definition) is 2. The zero-order valence-corrected chi connectivity index (χ0v) is 11.7. The topological polar surface area (TPSA) is 45.1 Å². The molecule has 0 saturated carbocycles. The standard InChI is InChI=1S/C14H15BrN2O/c1-10(11-5-3-7-16-8-11)17-9-12-4-2-6-13(15)14(12)18/h2-8,10,17-18H,9H2,1H3/t10-/m0/s1. The van der Waals surface area contributed by atoms with Crippen LogP contribution in [0.5, 0.6) is 5.75 Å². The molecule has 0 spiro atoms. The van der Waals surface area contributed by atoms with Crippen molar-refractivity contribution < 1.29 is 5.11 Å². The number of benzene rings is 1. The Bertz CT molecular complexity index is 516. The third-order valence-electron chi connectivity index (χ3n) is 2.85. The second kappa shape index (κ2) is 5.98. The summed E-state index contributed by atoms with van der Waals surface area (Å²) in [4.78, 5) is 4.10. The van der Waals surface area contributed by atoms with Gasteiger partial charge >= 0.3 is 0 Å². The molecule has 0 unspecified atom stereocenters. The lowest BCUT2D eigenvalue weighted by Gasteiger charge is -2.14. The van der Waals surface area contributed by atoms with E-state index in [4.69, 9.17) is 0 Å². The number of phenols is 1. The Balaban J connectivity index is 2.02. The van der Waals surface area contributed by atoms with Crippen LogP contribution in [-0.2, 0) is 6.54 Å². The molecule has 0 aliphatic rings. The molecule has 2 N–H and O–H groups in total. The van der Waals surface area contributed by atoms with Crippen molar-refractivity contribution >= 4 is 15.9 Å². The molecule has 0 bridgehead atoms. The quantitative estimate of drug-likeness (QED) is 0.910. The minimum atomic E-state index is 0.192. The first kappa shape index (κ1) is 13.1. The van der Waals surface area contributed by atoms with Crippen LogP contribution in [-0.4, -0.2) is 10.1 Å². The number of aromatic hydroxyl groups is 1. The summed E-state index contributed by atoms with van der Waals surface area (Å²) in [7, 11) is 0. The van der Waals surface area contributed by atoms with Gasteiger partial charge in [0.15, 0.2) is 0 Å². The highest BCUT2D eigenvalue weighted by molar-refractivity contribution is 9.10. The lowest BCUT2D eigenvalue weighted by molar-refractivity contribution is 0.457. The minimum Gasteiger partial charge on any atom is -0.506 e. The maximum Gasteiger partial charge on any atom is 0.134 e. The van der Waals surface area contributed by atoms with E-state index in [9.17, 15) is 5.11 Å². The zero-order valence-electron chi connectivity index (χ0n) is 10.1. The molecule has 18 heavy (non-hydrogen) atoms. The van der Waals surface area contributed by atoms with Crippen LogP contribution in [0.2, 0.25) is 0 Å². The number of rotatable bonds is 4. The number of nitrogens with zero attached hydrogens (tertiary/aromatic N) is 1. The molecule has 0 amide bonds. The first-order chi connectivity index (χ1) is 8.68. The van der Waals surface area contributed by atoms with Gasteiger partial charge in [-0.1, -0.05) is 18.2 Å². The van der Waals surface area contributed by atoms with Gasteiger partial charge in [-0.2, -0.15) is 0 Å². The molecule has 1 heterocycles. The van der Waals surface area contributed by atoms with Gasteiger partial charge in [0, 0.05) is 30.5 Å². The van der Waals surface area contributed by atoms with Gasteiger partial charge in [-0.3, -0.25) is 4.98 Å². The number of phenolic OH excluding ortho intramolecular Hbond substituents is 1. The van der Waals surface area contributed by atoms with Gasteiger partial charge in [-0.05, 0) is 40.5 Å². The van der Waals surface area contributed by atoms with Crippen LogP contribution >= 0.6 is 15.9 Å². The molecule has 0 saturated heterocycles. The first-order valence-corrected chi connectivity index (χ1v) is 6.57. The van der Waals surface area contributed by atoms with Gasteiger partial charge in [0.2, 0.25) is 0 Å². The molecule has 4 heteroatoms. The number of pyridine rings is 1. The Kier molecular flexibility index (Phi) is 4.33. The van der Waals surface area contributed by atoms with E-state index >= 15 is 0 Å². The summed E-state index contributed by atoms with van der Waals surface area (Å²) >= 11 is 3.31. The Hall–Kier alpha value is -1.39. The van der Waals surface area contributed by atoms with Crippen molar-refractivity contribution in [2.45, 2.75) is 19.5 Å². The van der Waals surface area contributed by atoms with Crippen LogP contribution in [0.4, 0.5) is 0 Å². The summed E-state index contributed by atoms with van der Waals surface area (Å²) in [5.74, 6) is 0.295. The fourth-order valence-electron chi connectivity index (χ4n) is 1.72. The van der Waals surface area contributed by atoms with Crippen LogP contribution < -0.4 is 5.32 Å². The third kappa shape index (κ3) is 3.09. The number of nitrogens with one attached hydrogen (secondary N) is 1. The molecule has 0 aliphatic heterocycles. The largest absolute Gasteiger partial charge is 0.506 e. The normalized spacial score (nSPS) is 12.3. The van der Waals surface area contributed by atoms with Crippen molar-refractivity contribution in [2.75, 3.05) is 0 Å². The van der Waals surface area contributed by atoms with E-state index in [1.54, 1.807) is 6.20 Å². The van der Waals surface area contributed by atoms with E-state index in [0.29, 0.717) is 12.3 Å². The maximum absolute atomic E-state index is 9.88. The van der Waals surface area contributed by atoms with Gasteiger partial charge < -0.3 is 10.4 Å². The molecule has 2 rings (SSSR count). The van der Waals surface area contributed by atoms with Gasteiger partial charge in [0.25, 0.3) is 0 Å². The maximum atomic E-state index is 9.88. The van der Waals surface area contributed by atoms with Gasteiger partial charge in [-0.15, -0.1) is 0 Å². The van der Waals surface area contributed by atoms with E-state index in [2.05, 4.69) is 33.2 Å². The monoisotopic (exact) mass is 306 g/mol. The van der Waals surface area contributed by atoms with Crippen molar-refractivity contribution in [3.63, 3.8) is 0 Å². The lowest BCUT2D eigenvalue weighted by atomic mass is 10.1. The summed E-state index contributed by atoms with van der Waals surface area (Å²) in [5, 5.41) is 13.2. The number of para-hydroxylation sites is 1. The van der Waals surface area contributed by atoms with Crippen molar-refractivity contribution in [3.8, 4) is 5.75 Å². The fourth-order valence-corrected chi connectivity index (χ4v) is 2.12. The fraction of sp³-hybridized carbons (Fsp3) is 0.214. The zero-order chi connectivity index (χ0) is 13.0.